The zero-order valence-corrected chi connectivity index (χ0v) is 5.58. The standard InChI is InChI=1S/C5H5.H2N.Ti/c1-2-4-5-3-1;;/h1-3H,4H2;1H2;/q2*-1;+2. The number of allylic oxidation sites excluding steroid dienone is 4. The summed E-state index contributed by atoms with van der Waals surface area (Å²) in [4.78, 5) is 0. The van der Waals surface area contributed by atoms with Gasteiger partial charge in [0, 0.05) is 0 Å². The number of hydrogen-bond acceptors (Lipinski definition) is 0. The minimum absolute atomic E-state index is 0. The van der Waals surface area contributed by atoms with E-state index in [0.717, 1.165) is 6.42 Å². The molecule has 0 aliphatic heterocycles. The van der Waals surface area contributed by atoms with E-state index in [4.69, 9.17) is 0 Å². The van der Waals surface area contributed by atoms with E-state index in [1.807, 2.05) is 12.2 Å². The summed E-state index contributed by atoms with van der Waals surface area (Å²) in [6.07, 6.45) is 10.0. The molecule has 0 radical (unpaired) electrons. The Morgan fingerprint density at radius 2 is 2.14 bits per heavy atom. The third-order valence-electron chi connectivity index (χ3n) is 0.586. The molecule has 1 aliphatic carbocycles. The molecule has 1 aliphatic rings. The number of nitrogens with two attached hydrogens (primary N) is 1. The van der Waals surface area contributed by atoms with Crippen molar-refractivity contribution in [1.82, 2.24) is 0 Å². The van der Waals surface area contributed by atoms with Gasteiger partial charge in [-0.2, -0.15) is 6.08 Å². The van der Waals surface area contributed by atoms with Crippen LogP contribution in [0.2, 0.25) is 0 Å². The Labute approximate surface area is 59.0 Å². The van der Waals surface area contributed by atoms with E-state index in [9.17, 15) is 0 Å². The average Bonchev–Trinajstić information content (AvgIpc) is 1.76. The van der Waals surface area contributed by atoms with Crippen LogP contribution in [0.15, 0.2) is 18.2 Å². The fourth-order valence-electron chi connectivity index (χ4n) is 0.340. The Kier molecular flexibility index (Phi) is 8.97. The molecular formula is C5H7NTi. The van der Waals surface area contributed by atoms with E-state index in [1.165, 1.54) is 0 Å². The minimum Gasteiger partial charge on any atom is -0.693 e. The van der Waals surface area contributed by atoms with Crippen molar-refractivity contribution in [3.63, 3.8) is 0 Å². The molecule has 0 saturated carbocycles. The van der Waals surface area contributed by atoms with Crippen LogP contribution in [0.1, 0.15) is 6.42 Å². The first-order valence-corrected chi connectivity index (χ1v) is 1.72. The molecule has 0 aromatic rings. The summed E-state index contributed by atoms with van der Waals surface area (Å²) in [6.45, 7) is 0. The Bertz CT molecular complexity index is 66.1. The maximum Gasteiger partial charge on any atom is 2.00 e. The molecular weight excluding hydrogens is 122 g/mol. The first kappa shape index (κ1) is 10.2. The van der Waals surface area contributed by atoms with Gasteiger partial charge < -0.3 is 6.15 Å². The smallest absolute Gasteiger partial charge is 0.693 e. The Balaban J connectivity index is 0. The number of hydrogen-bond donors (Lipinski definition) is 0. The third-order valence-corrected chi connectivity index (χ3v) is 0.586. The van der Waals surface area contributed by atoms with Gasteiger partial charge in [0.15, 0.2) is 0 Å². The topological polar surface area (TPSA) is 33.5 Å². The van der Waals surface area contributed by atoms with Gasteiger partial charge in [-0.05, 0) is 0 Å². The molecule has 0 unspecified atom stereocenters. The largest absolute Gasteiger partial charge is 2.00 e. The Hall–Kier alpha value is 0.154. The molecule has 7 heavy (non-hydrogen) atoms. The molecule has 0 bridgehead atoms. The molecule has 36 valence electrons. The van der Waals surface area contributed by atoms with Crippen LogP contribution < -0.4 is 0 Å². The van der Waals surface area contributed by atoms with Crippen molar-refractivity contribution in [2.24, 2.45) is 0 Å². The minimum atomic E-state index is 0. The molecule has 0 aromatic heterocycles. The molecule has 0 saturated heterocycles. The first-order chi connectivity index (χ1) is 2.50. The summed E-state index contributed by atoms with van der Waals surface area (Å²) >= 11 is 0. The maximum absolute atomic E-state index is 2.99. The summed E-state index contributed by atoms with van der Waals surface area (Å²) in [5, 5.41) is 0. The molecule has 0 aromatic carbocycles. The van der Waals surface area contributed by atoms with Crippen molar-refractivity contribution < 1.29 is 21.7 Å². The van der Waals surface area contributed by atoms with Crippen LogP contribution in [-0.4, -0.2) is 0 Å². The summed E-state index contributed by atoms with van der Waals surface area (Å²) in [7, 11) is 0. The van der Waals surface area contributed by atoms with Crippen molar-refractivity contribution in [2.45, 2.75) is 6.42 Å². The zero-order chi connectivity index (χ0) is 3.54. The zero-order valence-electron chi connectivity index (χ0n) is 4.02. The quantitative estimate of drug-likeness (QED) is 0.354. The van der Waals surface area contributed by atoms with E-state index < -0.39 is 0 Å². The molecule has 2 heteroatoms. The van der Waals surface area contributed by atoms with E-state index in [2.05, 4.69) is 12.2 Å². The van der Waals surface area contributed by atoms with Crippen molar-refractivity contribution in [2.75, 3.05) is 0 Å². The van der Waals surface area contributed by atoms with Crippen molar-refractivity contribution >= 4 is 0 Å². The molecule has 0 amide bonds. The molecule has 0 atom stereocenters. The van der Waals surface area contributed by atoms with Crippen molar-refractivity contribution in [3.05, 3.63) is 30.5 Å². The molecule has 0 fully saturated rings. The van der Waals surface area contributed by atoms with Gasteiger partial charge in [-0.15, -0.1) is 6.42 Å². The summed E-state index contributed by atoms with van der Waals surface area (Å²) in [5.74, 6) is 0. The van der Waals surface area contributed by atoms with E-state index >= 15 is 0 Å². The SMILES string of the molecule is [C-]1=CC=CC1.[NH2-].[Ti+2]. The molecule has 1 nitrogen and oxygen atoms in total. The summed E-state index contributed by atoms with van der Waals surface area (Å²) in [6, 6.07) is 0. The molecule has 2 N–H and O–H groups in total. The average molecular weight is 129 g/mol. The van der Waals surface area contributed by atoms with Gasteiger partial charge in [0.05, 0.1) is 0 Å². The van der Waals surface area contributed by atoms with Crippen LogP contribution in [0.4, 0.5) is 0 Å². The fourth-order valence-corrected chi connectivity index (χ4v) is 0.340. The number of rotatable bonds is 0. The van der Waals surface area contributed by atoms with Crippen LogP contribution in [0.25, 0.3) is 6.15 Å². The van der Waals surface area contributed by atoms with Gasteiger partial charge in [-0.25, -0.2) is 12.2 Å². The molecule has 0 heterocycles. The predicted octanol–water partition coefficient (Wildman–Crippen LogP) is 2.02. The molecule has 0 spiro atoms. The van der Waals surface area contributed by atoms with Gasteiger partial charge in [0.25, 0.3) is 0 Å². The van der Waals surface area contributed by atoms with Crippen LogP contribution in [0.3, 0.4) is 0 Å². The van der Waals surface area contributed by atoms with Crippen LogP contribution in [-0.2, 0) is 21.7 Å². The van der Waals surface area contributed by atoms with Gasteiger partial charge in [-0.3, -0.25) is 6.08 Å². The van der Waals surface area contributed by atoms with Crippen molar-refractivity contribution in [3.8, 4) is 0 Å². The van der Waals surface area contributed by atoms with Crippen molar-refractivity contribution in [1.29, 1.82) is 0 Å². The Morgan fingerprint density at radius 1 is 1.43 bits per heavy atom. The van der Waals surface area contributed by atoms with Crippen LogP contribution >= 0.6 is 0 Å². The normalized spacial score (nSPS) is 12.6. The van der Waals surface area contributed by atoms with E-state index in [1.54, 1.807) is 0 Å². The maximum atomic E-state index is 2.99. The third kappa shape index (κ3) is 4.00. The monoisotopic (exact) mass is 129 g/mol. The summed E-state index contributed by atoms with van der Waals surface area (Å²) < 4.78 is 0. The van der Waals surface area contributed by atoms with Crippen LogP contribution in [0.5, 0.6) is 0 Å². The second kappa shape index (κ2) is 6.15. The molecule has 1 rings (SSSR count). The second-order valence-corrected chi connectivity index (χ2v) is 1.00. The van der Waals surface area contributed by atoms with Gasteiger partial charge in [-0.1, -0.05) is 0 Å². The van der Waals surface area contributed by atoms with E-state index in [0.29, 0.717) is 0 Å². The van der Waals surface area contributed by atoms with Crippen LogP contribution in [0, 0.1) is 6.08 Å². The van der Waals surface area contributed by atoms with Gasteiger partial charge >= 0.3 is 21.7 Å². The fraction of sp³-hybridized carbons (Fsp3) is 0.200. The van der Waals surface area contributed by atoms with E-state index in [-0.39, 0.29) is 27.9 Å². The Morgan fingerprint density at radius 3 is 2.29 bits per heavy atom. The second-order valence-electron chi connectivity index (χ2n) is 1.00. The van der Waals surface area contributed by atoms with Gasteiger partial charge in [0.2, 0.25) is 0 Å². The summed E-state index contributed by atoms with van der Waals surface area (Å²) in [5.41, 5.74) is 0. The van der Waals surface area contributed by atoms with Gasteiger partial charge in [0.1, 0.15) is 0 Å². The predicted molar refractivity (Wildman–Crippen MR) is 26.9 cm³/mol. The first-order valence-electron chi connectivity index (χ1n) is 1.72.